The van der Waals surface area contributed by atoms with Crippen molar-refractivity contribution in [2.45, 2.75) is 6.54 Å². The zero-order valence-electron chi connectivity index (χ0n) is 12.6. The molecule has 0 bridgehead atoms. The lowest BCUT2D eigenvalue weighted by Gasteiger charge is -2.12. The van der Waals surface area contributed by atoms with Crippen LogP contribution in [0.5, 0.6) is 0 Å². The molecule has 0 fully saturated rings. The molecule has 22 heavy (non-hydrogen) atoms. The average molecular weight is 319 g/mol. The molecule has 1 aromatic heterocycles. The zero-order valence-corrected chi connectivity index (χ0v) is 13.4. The van der Waals surface area contributed by atoms with Gasteiger partial charge in [-0.25, -0.2) is 0 Å². The van der Waals surface area contributed by atoms with Gasteiger partial charge in [0.25, 0.3) is 0 Å². The van der Waals surface area contributed by atoms with Crippen molar-refractivity contribution >= 4 is 39.5 Å². The summed E-state index contributed by atoms with van der Waals surface area (Å²) < 4.78 is 2.04. The highest BCUT2D eigenvalue weighted by Crippen LogP contribution is 2.26. The number of nitrogens with two attached hydrogens (primary N) is 1. The number of fused-ring (bicyclic) bond motifs is 1. The molecule has 5 nitrogen and oxygen atoms in total. The van der Waals surface area contributed by atoms with Crippen LogP contribution in [0.15, 0.2) is 30.6 Å². The van der Waals surface area contributed by atoms with Crippen molar-refractivity contribution < 1.29 is 4.79 Å². The van der Waals surface area contributed by atoms with E-state index in [1.807, 2.05) is 43.1 Å². The lowest BCUT2D eigenvalue weighted by atomic mass is 10.0. The highest BCUT2D eigenvalue weighted by molar-refractivity contribution is 6.75. The van der Waals surface area contributed by atoms with E-state index in [-0.39, 0.29) is 5.17 Å². The van der Waals surface area contributed by atoms with Crippen LogP contribution in [-0.2, 0) is 6.54 Å². The van der Waals surface area contributed by atoms with Gasteiger partial charge < -0.3 is 15.2 Å². The van der Waals surface area contributed by atoms with Crippen LogP contribution in [0.25, 0.3) is 16.5 Å². The van der Waals surface area contributed by atoms with Gasteiger partial charge in [-0.3, -0.25) is 10.2 Å². The molecule has 1 aromatic carbocycles. The van der Waals surface area contributed by atoms with Gasteiger partial charge in [-0.2, -0.15) is 0 Å². The minimum absolute atomic E-state index is 0.108. The molecule has 0 spiro atoms. The Kier molecular flexibility index (Phi) is 5.00. The summed E-state index contributed by atoms with van der Waals surface area (Å²) in [5.41, 5.74) is 8.37. The van der Waals surface area contributed by atoms with E-state index in [2.05, 4.69) is 4.90 Å². The quantitative estimate of drug-likeness (QED) is 0.635. The fourth-order valence-corrected chi connectivity index (χ4v) is 2.54. The zero-order chi connectivity index (χ0) is 16.3. The number of allylic oxidation sites excluding steroid dienone is 1. The van der Waals surface area contributed by atoms with Crippen molar-refractivity contribution in [3.05, 3.63) is 41.7 Å². The highest BCUT2D eigenvalue weighted by Gasteiger charge is 2.12. The second-order valence-corrected chi connectivity index (χ2v) is 5.70. The van der Waals surface area contributed by atoms with Gasteiger partial charge in [0.15, 0.2) is 6.29 Å². The van der Waals surface area contributed by atoms with Crippen molar-refractivity contribution in [3.8, 4) is 0 Å². The summed E-state index contributed by atoms with van der Waals surface area (Å²) in [6.07, 6.45) is 4.03. The van der Waals surface area contributed by atoms with E-state index >= 15 is 0 Å². The molecule has 0 aliphatic carbocycles. The molecule has 6 heteroatoms. The van der Waals surface area contributed by atoms with Crippen molar-refractivity contribution in [2.24, 2.45) is 5.73 Å². The van der Waals surface area contributed by atoms with E-state index in [0.29, 0.717) is 11.1 Å². The van der Waals surface area contributed by atoms with E-state index in [4.69, 9.17) is 22.7 Å². The van der Waals surface area contributed by atoms with E-state index < -0.39 is 0 Å². The second-order valence-electron chi connectivity index (χ2n) is 5.33. The fraction of sp³-hybridized carbons (Fsp3) is 0.250. The molecule has 0 amide bonds. The van der Waals surface area contributed by atoms with Crippen LogP contribution in [0, 0.1) is 5.41 Å². The lowest BCUT2D eigenvalue weighted by Crippen LogP contribution is -2.18. The van der Waals surface area contributed by atoms with Crippen LogP contribution in [0.2, 0.25) is 0 Å². The molecule has 0 aliphatic heterocycles. The first-order valence-electron chi connectivity index (χ1n) is 6.87. The van der Waals surface area contributed by atoms with Crippen LogP contribution in [0.4, 0.5) is 0 Å². The Morgan fingerprint density at radius 2 is 2.18 bits per heavy atom. The number of aromatic nitrogens is 1. The SMILES string of the molecule is CN(C)CCn1cc(C=O)c2ccc(/C(=C/N)C(=N)Cl)cc21. The highest BCUT2D eigenvalue weighted by atomic mass is 35.5. The van der Waals surface area contributed by atoms with Crippen LogP contribution in [0.3, 0.4) is 0 Å². The number of rotatable bonds is 6. The molecule has 3 N–H and O–H groups in total. The van der Waals surface area contributed by atoms with Gasteiger partial charge in [-0.15, -0.1) is 0 Å². The van der Waals surface area contributed by atoms with Crippen molar-refractivity contribution in [3.63, 3.8) is 0 Å². The number of nitrogens with zero attached hydrogens (tertiary/aromatic N) is 2. The number of likely N-dealkylation sites (N-methyl/N-ethyl adjacent to an activating group) is 1. The van der Waals surface area contributed by atoms with Crippen molar-refractivity contribution in [2.75, 3.05) is 20.6 Å². The van der Waals surface area contributed by atoms with E-state index in [0.717, 1.165) is 35.8 Å². The standard InChI is InChI=1S/C16H19ClN4O/c1-20(2)5-6-21-9-12(10-22)13-4-3-11(7-15(13)21)14(8-18)16(17)19/h3-4,7-10,19H,5-6,18H2,1-2H3/b14-8-,19-16?. The summed E-state index contributed by atoms with van der Waals surface area (Å²) >= 11 is 5.77. The summed E-state index contributed by atoms with van der Waals surface area (Å²) in [5.74, 6) is 0. The molecule has 0 saturated heterocycles. The molecular formula is C16H19ClN4O. The van der Waals surface area contributed by atoms with Crippen molar-refractivity contribution in [1.29, 1.82) is 5.41 Å². The van der Waals surface area contributed by atoms with Gasteiger partial charge in [0, 0.05) is 47.5 Å². The van der Waals surface area contributed by atoms with Gasteiger partial charge in [0.2, 0.25) is 0 Å². The third-order valence-electron chi connectivity index (χ3n) is 3.54. The first-order chi connectivity index (χ1) is 10.5. The summed E-state index contributed by atoms with van der Waals surface area (Å²) in [4.78, 5) is 13.3. The van der Waals surface area contributed by atoms with Gasteiger partial charge in [-0.1, -0.05) is 23.7 Å². The minimum Gasteiger partial charge on any atom is -0.404 e. The van der Waals surface area contributed by atoms with E-state index in [9.17, 15) is 4.79 Å². The molecule has 0 radical (unpaired) electrons. The third-order valence-corrected chi connectivity index (χ3v) is 3.75. The number of nitrogens with one attached hydrogen (secondary N) is 1. The number of carbonyl (C=O) groups excluding carboxylic acids is 1. The van der Waals surface area contributed by atoms with E-state index in [1.54, 1.807) is 0 Å². The molecule has 0 unspecified atom stereocenters. The Labute approximate surface area is 134 Å². The van der Waals surface area contributed by atoms with Crippen LogP contribution in [0.1, 0.15) is 15.9 Å². The molecule has 2 rings (SSSR count). The average Bonchev–Trinajstić information content (AvgIpc) is 2.83. The molecule has 0 aliphatic rings. The summed E-state index contributed by atoms with van der Waals surface area (Å²) in [6.45, 7) is 1.62. The first kappa shape index (κ1) is 16.3. The fourth-order valence-electron chi connectivity index (χ4n) is 2.37. The topological polar surface area (TPSA) is 75.1 Å². The third kappa shape index (κ3) is 3.21. The number of hydrogen-bond acceptors (Lipinski definition) is 4. The lowest BCUT2D eigenvalue weighted by molar-refractivity contribution is 0.112. The smallest absolute Gasteiger partial charge is 0.152 e. The number of carbonyl (C=O) groups is 1. The van der Waals surface area contributed by atoms with Crippen LogP contribution in [-0.4, -0.2) is 41.6 Å². The van der Waals surface area contributed by atoms with Gasteiger partial charge >= 0.3 is 0 Å². The van der Waals surface area contributed by atoms with Gasteiger partial charge in [0.05, 0.1) is 0 Å². The molecule has 116 valence electrons. The predicted molar refractivity (Wildman–Crippen MR) is 91.6 cm³/mol. The summed E-state index contributed by atoms with van der Waals surface area (Å²) in [5, 5.41) is 8.35. The Balaban J connectivity index is 2.56. The Hall–Kier alpha value is -2.11. The maximum Gasteiger partial charge on any atom is 0.152 e. The summed E-state index contributed by atoms with van der Waals surface area (Å²) in [6, 6.07) is 5.60. The molecule has 2 aromatic rings. The summed E-state index contributed by atoms with van der Waals surface area (Å²) in [7, 11) is 4.00. The maximum absolute atomic E-state index is 11.2. The first-order valence-corrected chi connectivity index (χ1v) is 7.25. The Morgan fingerprint density at radius 3 is 2.73 bits per heavy atom. The minimum atomic E-state index is -0.108. The Morgan fingerprint density at radius 1 is 1.45 bits per heavy atom. The molecule has 0 saturated carbocycles. The Bertz CT molecular complexity index is 746. The van der Waals surface area contributed by atoms with E-state index in [1.165, 1.54) is 6.20 Å². The van der Waals surface area contributed by atoms with Gasteiger partial charge in [-0.05, 0) is 25.7 Å². The number of benzene rings is 1. The molecular weight excluding hydrogens is 300 g/mol. The monoisotopic (exact) mass is 318 g/mol. The predicted octanol–water partition coefficient (Wildman–Crippen LogP) is 2.53. The maximum atomic E-state index is 11.2. The largest absolute Gasteiger partial charge is 0.404 e. The van der Waals surface area contributed by atoms with Crippen LogP contribution < -0.4 is 5.73 Å². The molecule has 1 heterocycles. The normalized spacial score (nSPS) is 12.1. The molecule has 0 atom stereocenters. The van der Waals surface area contributed by atoms with Gasteiger partial charge in [0.1, 0.15) is 5.17 Å². The number of halogens is 1. The van der Waals surface area contributed by atoms with Crippen LogP contribution >= 0.6 is 11.6 Å². The number of hydrogen-bond donors (Lipinski definition) is 2. The number of aldehydes is 1. The second kappa shape index (κ2) is 6.77. The van der Waals surface area contributed by atoms with Crippen molar-refractivity contribution in [1.82, 2.24) is 9.47 Å².